The molecule has 8 heteroatoms. The van der Waals surface area contributed by atoms with Crippen LogP contribution in [-0.4, -0.2) is 34.4 Å². The second-order valence-corrected chi connectivity index (χ2v) is 8.15. The van der Waals surface area contributed by atoms with Gasteiger partial charge in [0.15, 0.2) is 16.7 Å². The number of carbonyl (C=O) groups excluding carboxylic acids is 1. The van der Waals surface area contributed by atoms with Crippen molar-refractivity contribution in [1.82, 2.24) is 0 Å². The van der Waals surface area contributed by atoms with Crippen LogP contribution >= 0.6 is 11.8 Å². The number of aromatic hydroxyl groups is 1. The maximum Gasteiger partial charge on any atom is 0.321 e. The van der Waals surface area contributed by atoms with Gasteiger partial charge in [-0.15, -0.1) is 0 Å². The highest BCUT2D eigenvalue weighted by atomic mass is 32.2. The standard InChI is InChI=1S/C25H20N2O5S/c1-32-21-15-16(12-13-20(21)28)14-19-23(29)27(18-10-6-3-7-11-18)25(26-19)33-22(24(30)31)17-8-4-2-5-9-17/h2-15,22,28H,1H3,(H,30,31)/b19-14+. The molecule has 1 aliphatic rings. The van der Waals surface area contributed by atoms with Crippen LogP contribution in [-0.2, 0) is 9.59 Å². The van der Waals surface area contributed by atoms with Crippen LogP contribution in [0.4, 0.5) is 5.69 Å². The summed E-state index contributed by atoms with van der Waals surface area (Å²) in [5.41, 5.74) is 1.93. The molecule has 0 aliphatic carbocycles. The first-order valence-electron chi connectivity index (χ1n) is 9.99. The highest BCUT2D eigenvalue weighted by Gasteiger charge is 2.35. The first kappa shape index (κ1) is 22.2. The SMILES string of the molecule is COc1cc(/C=C2/N=C(SC(C(=O)O)c3ccccc3)N(c3ccccc3)C2=O)ccc1O. The number of aliphatic imine (C=N–C) groups is 1. The van der Waals surface area contributed by atoms with Crippen molar-refractivity contribution in [3.05, 3.63) is 95.7 Å². The first-order valence-corrected chi connectivity index (χ1v) is 10.9. The van der Waals surface area contributed by atoms with Crippen LogP contribution in [0.3, 0.4) is 0 Å². The normalized spacial score (nSPS) is 15.4. The van der Waals surface area contributed by atoms with E-state index in [4.69, 9.17) is 4.74 Å². The smallest absolute Gasteiger partial charge is 0.321 e. The molecule has 0 aromatic heterocycles. The van der Waals surface area contributed by atoms with Gasteiger partial charge < -0.3 is 14.9 Å². The Morgan fingerprint density at radius 3 is 2.36 bits per heavy atom. The number of amides is 1. The van der Waals surface area contributed by atoms with Gasteiger partial charge in [-0.1, -0.05) is 66.4 Å². The maximum absolute atomic E-state index is 13.3. The quantitative estimate of drug-likeness (QED) is 0.517. The van der Waals surface area contributed by atoms with E-state index in [-0.39, 0.29) is 28.3 Å². The van der Waals surface area contributed by atoms with E-state index in [1.807, 2.05) is 12.1 Å². The lowest BCUT2D eigenvalue weighted by molar-refractivity contribution is -0.136. The molecule has 2 N–H and O–H groups in total. The largest absolute Gasteiger partial charge is 0.504 e. The van der Waals surface area contributed by atoms with Crippen LogP contribution in [0.2, 0.25) is 0 Å². The van der Waals surface area contributed by atoms with Gasteiger partial charge in [0.25, 0.3) is 5.91 Å². The monoisotopic (exact) mass is 460 g/mol. The van der Waals surface area contributed by atoms with Crippen molar-refractivity contribution in [3.8, 4) is 11.5 Å². The van der Waals surface area contributed by atoms with E-state index in [2.05, 4.69) is 4.99 Å². The molecule has 1 amide bonds. The fourth-order valence-corrected chi connectivity index (χ4v) is 4.37. The molecule has 4 rings (SSSR count). The minimum Gasteiger partial charge on any atom is -0.504 e. The van der Waals surface area contributed by atoms with Crippen LogP contribution in [0.5, 0.6) is 11.5 Å². The minimum absolute atomic E-state index is 0.0183. The van der Waals surface area contributed by atoms with Gasteiger partial charge in [0.2, 0.25) is 0 Å². The zero-order valence-corrected chi connectivity index (χ0v) is 18.4. The van der Waals surface area contributed by atoms with Crippen molar-refractivity contribution in [1.29, 1.82) is 0 Å². The Kier molecular flexibility index (Phi) is 6.46. The third kappa shape index (κ3) is 4.75. The summed E-state index contributed by atoms with van der Waals surface area (Å²) in [6.45, 7) is 0. The number of carboxylic acid groups (broad SMARTS) is 1. The summed E-state index contributed by atoms with van der Waals surface area (Å²) in [6.07, 6.45) is 1.58. The van der Waals surface area contributed by atoms with E-state index in [9.17, 15) is 19.8 Å². The molecule has 1 heterocycles. The number of rotatable bonds is 6. The third-order valence-electron chi connectivity index (χ3n) is 4.90. The highest BCUT2D eigenvalue weighted by molar-refractivity contribution is 8.15. The molecular weight excluding hydrogens is 440 g/mol. The Bertz CT molecular complexity index is 1240. The summed E-state index contributed by atoms with van der Waals surface area (Å²) in [5.74, 6) is -1.17. The van der Waals surface area contributed by atoms with Crippen molar-refractivity contribution >= 4 is 40.6 Å². The second kappa shape index (κ2) is 9.62. The van der Waals surface area contributed by atoms with Crippen molar-refractivity contribution in [2.75, 3.05) is 12.0 Å². The molecule has 0 spiro atoms. The number of methoxy groups -OCH3 is 1. The number of aliphatic carboxylic acids is 1. The first-order chi connectivity index (χ1) is 16.0. The lowest BCUT2D eigenvalue weighted by Gasteiger charge is -2.20. The number of carbonyl (C=O) groups is 2. The summed E-state index contributed by atoms with van der Waals surface area (Å²) in [4.78, 5) is 31.3. The van der Waals surface area contributed by atoms with Crippen molar-refractivity contribution < 1.29 is 24.5 Å². The van der Waals surface area contributed by atoms with E-state index < -0.39 is 11.2 Å². The summed E-state index contributed by atoms with van der Waals surface area (Å²) in [6, 6.07) is 22.5. The number of anilines is 1. The lowest BCUT2D eigenvalue weighted by atomic mass is 10.1. The van der Waals surface area contributed by atoms with Gasteiger partial charge in [-0.3, -0.25) is 14.5 Å². The number of para-hydroxylation sites is 1. The Morgan fingerprint density at radius 1 is 1.06 bits per heavy atom. The number of nitrogens with zero attached hydrogens (tertiary/aromatic N) is 2. The van der Waals surface area contributed by atoms with Gasteiger partial charge in [-0.2, -0.15) is 0 Å². The zero-order chi connectivity index (χ0) is 23.4. The fraction of sp³-hybridized carbons (Fsp3) is 0.0800. The average Bonchev–Trinajstić information content (AvgIpc) is 3.14. The van der Waals surface area contributed by atoms with Gasteiger partial charge in [0, 0.05) is 0 Å². The van der Waals surface area contributed by atoms with E-state index in [0.717, 1.165) is 11.8 Å². The average molecular weight is 461 g/mol. The number of thioether (sulfide) groups is 1. The predicted molar refractivity (Wildman–Crippen MR) is 128 cm³/mol. The predicted octanol–water partition coefficient (Wildman–Crippen LogP) is 4.70. The molecule has 3 aromatic carbocycles. The molecule has 3 aromatic rings. The van der Waals surface area contributed by atoms with Crippen LogP contribution < -0.4 is 9.64 Å². The van der Waals surface area contributed by atoms with Crippen LogP contribution in [0.25, 0.3) is 6.08 Å². The number of amidine groups is 1. The molecule has 0 radical (unpaired) electrons. The zero-order valence-electron chi connectivity index (χ0n) is 17.6. The number of phenols is 1. The summed E-state index contributed by atoms with van der Waals surface area (Å²) in [7, 11) is 1.44. The van der Waals surface area contributed by atoms with Crippen LogP contribution in [0, 0.1) is 0 Å². The molecule has 0 bridgehead atoms. The summed E-state index contributed by atoms with van der Waals surface area (Å²) >= 11 is 0.995. The van der Waals surface area contributed by atoms with Gasteiger partial charge in [-0.05, 0) is 41.5 Å². The minimum atomic E-state index is -1.03. The van der Waals surface area contributed by atoms with E-state index >= 15 is 0 Å². The molecule has 7 nitrogen and oxygen atoms in total. The van der Waals surface area contributed by atoms with Crippen LogP contribution in [0.1, 0.15) is 16.4 Å². The highest BCUT2D eigenvalue weighted by Crippen LogP contribution is 2.37. The number of hydrogen-bond acceptors (Lipinski definition) is 6. The van der Waals surface area contributed by atoms with Crippen molar-refractivity contribution in [2.45, 2.75) is 5.25 Å². The molecular formula is C25H20N2O5S. The third-order valence-corrected chi connectivity index (χ3v) is 6.10. The number of hydrogen-bond donors (Lipinski definition) is 2. The molecule has 166 valence electrons. The van der Waals surface area contributed by atoms with E-state index in [1.54, 1.807) is 66.7 Å². The molecule has 1 atom stereocenters. The topological polar surface area (TPSA) is 99.4 Å². The molecule has 33 heavy (non-hydrogen) atoms. The molecule has 1 aliphatic heterocycles. The molecule has 1 unspecified atom stereocenters. The van der Waals surface area contributed by atoms with Crippen molar-refractivity contribution in [3.63, 3.8) is 0 Å². The van der Waals surface area contributed by atoms with Gasteiger partial charge >= 0.3 is 5.97 Å². The molecule has 0 fully saturated rings. The summed E-state index contributed by atoms with van der Waals surface area (Å²) in [5, 5.41) is 19.0. The lowest BCUT2D eigenvalue weighted by Crippen LogP contribution is -2.31. The second-order valence-electron chi connectivity index (χ2n) is 7.08. The van der Waals surface area contributed by atoms with Gasteiger partial charge in [0.1, 0.15) is 10.9 Å². The fourth-order valence-electron chi connectivity index (χ4n) is 3.32. The Balaban J connectivity index is 1.75. The Morgan fingerprint density at radius 2 is 1.73 bits per heavy atom. The van der Waals surface area contributed by atoms with E-state index in [1.165, 1.54) is 18.1 Å². The molecule has 0 saturated heterocycles. The van der Waals surface area contributed by atoms with Gasteiger partial charge in [-0.25, -0.2) is 4.99 Å². The number of benzene rings is 3. The Hall–Kier alpha value is -4.04. The summed E-state index contributed by atoms with van der Waals surface area (Å²) < 4.78 is 5.14. The van der Waals surface area contributed by atoms with Gasteiger partial charge in [0.05, 0.1) is 12.8 Å². The Labute approximate surface area is 194 Å². The number of ether oxygens (including phenoxy) is 1. The van der Waals surface area contributed by atoms with Crippen LogP contribution in [0.15, 0.2) is 89.6 Å². The van der Waals surface area contributed by atoms with E-state index in [0.29, 0.717) is 16.8 Å². The van der Waals surface area contributed by atoms with Crippen molar-refractivity contribution in [2.24, 2.45) is 4.99 Å². The maximum atomic E-state index is 13.3. The number of carboxylic acids is 1. The number of phenolic OH excluding ortho intramolecular Hbond substituents is 1. The molecule has 0 saturated carbocycles.